The lowest BCUT2D eigenvalue weighted by Gasteiger charge is -2.06. The second-order valence-corrected chi connectivity index (χ2v) is 7.45. The molecule has 0 atom stereocenters. The Balaban J connectivity index is 2.36. The lowest BCUT2D eigenvalue weighted by molar-refractivity contribution is 0.603. The molecule has 96 valence electrons. The van der Waals surface area contributed by atoms with Gasteiger partial charge in [-0.15, -0.1) is 11.3 Å². The molecule has 0 radical (unpaired) electrons. The number of aryl methyl sites for hydroxylation is 1. The molecule has 0 saturated heterocycles. The summed E-state index contributed by atoms with van der Waals surface area (Å²) in [4.78, 5) is 3.81. The van der Waals surface area contributed by atoms with Gasteiger partial charge in [-0.05, 0) is 24.6 Å². The van der Waals surface area contributed by atoms with Gasteiger partial charge in [-0.2, -0.15) is 0 Å². The summed E-state index contributed by atoms with van der Waals surface area (Å²) in [6, 6.07) is 3.02. The van der Waals surface area contributed by atoms with E-state index < -0.39 is 10.0 Å². The summed E-state index contributed by atoms with van der Waals surface area (Å²) in [6.07, 6.45) is 2.83. The predicted molar refractivity (Wildman–Crippen MR) is 74.1 cm³/mol. The van der Waals surface area contributed by atoms with E-state index in [1.54, 1.807) is 6.92 Å². The van der Waals surface area contributed by atoms with Crippen LogP contribution in [0.15, 0.2) is 28.7 Å². The Kier molecular flexibility index (Phi) is 3.82. The molecule has 8 heteroatoms. The van der Waals surface area contributed by atoms with E-state index >= 15 is 0 Å². The van der Waals surface area contributed by atoms with Gasteiger partial charge in [-0.1, -0.05) is 23.2 Å². The van der Waals surface area contributed by atoms with E-state index in [4.69, 9.17) is 23.2 Å². The Morgan fingerprint density at radius 3 is 2.67 bits per heavy atom. The number of hydrogen-bond donors (Lipinski definition) is 1. The lowest BCUT2D eigenvalue weighted by Crippen LogP contribution is -2.11. The Bertz CT molecular complexity index is 663. The van der Waals surface area contributed by atoms with Crippen molar-refractivity contribution >= 4 is 50.2 Å². The smallest absolute Gasteiger partial charge is 0.271 e. The molecule has 0 aromatic carbocycles. The first-order chi connectivity index (χ1) is 8.40. The zero-order chi connectivity index (χ0) is 13.3. The molecule has 0 aliphatic rings. The molecule has 0 fully saturated rings. The van der Waals surface area contributed by atoms with Crippen LogP contribution in [0.3, 0.4) is 0 Å². The van der Waals surface area contributed by atoms with Gasteiger partial charge in [0.05, 0.1) is 21.2 Å². The Hall–Kier alpha value is -0.820. The summed E-state index contributed by atoms with van der Waals surface area (Å²) in [5.74, 6) is 0. The van der Waals surface area contributed by atoms with E-state index in [-0.39, 0.29) is 14.9 Å². The molecular formula is C10H8Cl2N2O2S2. The minimum Gasteiger partial charge on any atom is -0.276 e. The number of halogens is 2. The van der Waals surface area contributed by atoms with Gasteiger partial charge in [0.2, 0.25) is 0 Å². The Labute approximate surface area is 119 Å². The summed E-state index contributed by atoms with van der Waals surface area (Å²) in [7, 11) is -3.68. The zero-order valence-electron chi connectivity index (χ0n) is 9.15. The fourth-order valence-corrected chi connectivity index (χ4v) is 4.19. The van der Waals surface area contributed by atoms with Crippen LogP contribution in [0.4, 0.5) is 5.69 Å². The summed E-state index contributed by atoms with van der Waals surface area (Å²) in [5.41, 5.74) is 0.959. The molecule has 2 aromatic rings. The van der Waals surface area contributed by atoms with E-state index in [0.29, 0.717) is 4.34 Å². The Morgan fingerprint density at radius 1 is 1.39 bits per heavy atom. The predicted octanol–water partition coefficient (Wildman–Crippen LogP) is 3.56. The molecule has 4 nitrogen and oxygen atoms in total. The molecule has 0 unspecified atom stereocenters. The van der Waals surface area contributed by atoms with Crippen LogP contribution >= 0.6 is 34.5 Å². The van der Waals surface area contributed by atoms with Crippen LogP contribution < -0.4 is 4.72 Å². The van der Waals surface area contributed by atoms with E-state index in [1.165, 1.54) is 24.5 Å². The average molecular weight is 323 g/mol. The largest absolute Gasteiger partial charge is 0.276 e. The van der Waals surface area contributed by atoms with Crippen molar-refractivity contribution in [3.8, 4) is 0 Å². The fraction of sp³-hybridized carbons (Fsp3) is 0.100. The van der Waals surface area contributed by atoms with E-state index in [0.717, 1.165) is 16.9 Å². The first kappa shape index (κ1) is 13.6. The molecular weight excluding hydrogens is 315 g/mol. The molecule has 0 spiro atoms. The highest BCUT2D eigenvalue weighted by molar-refractivity contribution is 7.94. The van der Waals surface area contributed by atoms with Crippen molar-refractivity contribution < 1.29 is 8.42 Å². The van der Waals surface area contributed by atoms with Crippen molar-refractivity contribution in [3.05, 3.63) is 39.4 Å². The number of sulfonamides is 1. The summed E-state index contributed by atoms with van der Waals surface area (Å²) in [6.45, 7) is 1.74. The van der Waals surface area contributed by atoms with Gasteiger partial charge in [0, 0.05) is 6.20 Å². The molecule has 2 aromatic heterocycles. The first-order valence-corrected chi connectivity index (χ1v) is 7.84. The summed E-state index contributed by atoms with van der Waals surface area (Å²) < 4.78 is 27.1. The number of hydrogen-bond acceptors (Lipinski definition) is 4. The van der Waals surface area contributed by atoms with E-state index in [2.05, 4.69) is 9.71 Å². The lowest BCUT2D eigenvalue weighted by atomic mass is 10.4. The van der Waals surface area contributed by atoms with Crippen molar-refractivity contribution in [1.29, 1.82) is 0 Å². The second kappa shape index (κ2) is 5.05. The molecule has 1 N–H and O–H groups in total. The number of nitrogens with one attached hydrogen (secondary N) is 1. The van der Waals surface area contributed by atoms with Gasteiger partial charge in [-0.3, -0.25) is 9.71 Å². The number of rotatable bonds is 3. The van der Waals surface area contributed by atoms with Crippen LogP contribution in [0, 0.1) is 6.92 Å². The van der Waals surface area contributed by atoms with Crippen molar-refractivity contribution in [1.82, 2.24) is 4.98 Å². The molecule has 18 heavy (non-hydrogen) atoms. The topological polar surface area (TPSA) is 59.1 Å². The highest BCUT2D eigenvalue weighted by Crippen LogP contribution is 2.32. The van der Waals surface area contributed by atoms with Crippen molar-refractivity contribution in [2.45, 2.75) is 11.1 Å². The van der Waals surface area contributed by atoms with Gasteiger partial charge >= 0.3 is 0 Å². The van der Waals surface area contributed by atoms with Crippen molar-refractivity contribution in [2.75, 3.05) is 4.72 Å². The normalized spacial score (nSPS) is 11.5. The zero-order valence-corrected chi connectivity index (χ0v) is 12.3. The van der Waals surface area contributed by atoms with E-state index in [9.17, 15) is 8.42 Å². The number of pyridine rings is 1. The van der Waals surface area contributed by atoms with Gasteiger partial charge in [-0.25, -0.2) is 8.42 Å². The SMILES string of the molecule is Cc1cc(S(=O)(=O)Nc2cnccc2Cl)sc1Cl. The highest BCUT2D eigenvalue weighted by Gasteiger charge is 2.19. The van der Waals surface area contributed by atoms with Crippen LogP contribution in [0.25, 0.3) is 0 Å². The number of nitrogens with zero attached hydrogens (tertiary/aromatic N) is 1. The fourth-order valence-electron chi connectivity index (χ4n) is 1.21. The van der Waals surface area contributed by atoms with Gasteiger partial charge in [0.15, 0.2) is 0 Å². The minimum atomic E-state index is -3.68. The maximum atomic E-state index is 12.1. The number of aromatic nitrogens is 1. The second-order valence-electron chi connectivity index (χ2n) is 3.48. The number of anilines is 1. The first-order valence-electron chi connectivity index (χ1n) is 4.78. The van der Waals surface area contributed by atoms with Crippen molar-refractivity contribution in [2.24, 2.45) is 0 Å². The molecule has 0 aliphatic heterocycles. The van der Waals surface area contributed by atoms with Crippen LogP contribution in [0.1, 0.15) is 5.56 Å². The maximum Gasteiger partial charge on any atom is 0.271 e. The average Bonchev–Trinajstić information content (AvgIpc) is 2.63. The third-order valence-electron chi connectivity index (χ3n) is 2.11. The molecule has 0 amide bonds. The third kappa shape index (κ3) is 2.77. The molecule has 2 rings (SSSR count). The monoisotopic (exact) mass is 322 g/mol. The summed E-state index contributed by atoms with van der Waals surface area (Å²) in [5, 5.41) is 0.285. The quantitative estimate of drug-likeness (QED) is 0.939. The molecule has 2 heterocycles. The highest BCUT2D eigenvalue weighted by atomic mass is 35.5. The minimum absolute atomic E-state index is 0.143. The molecule has 0 bridgehead atoms. The Morgan fingerprint density at radius 2 is 2.11 bits per heavy atom. The number of thiophene rings is 1. The van der Waals surface area contributed by atoms with Crippen LogP contribution in [-0.4, -0.2) is 13.4 Å². The van der Waals surface area contributed by atoms with Crippen molar-refractivity contribution in [3.63, 3.8) is 0 Å². The van der Waals surface area contributed by atoms with E-state index in [1.807, 2.05) is 0 Å². The standard InChI is InChI=1S/C10H8Cl2N2O2S2/c1-6-4-9(17-10(6)12)18(15,16)14-8-5-13-3-2-7(8)11/h2-5,14H,1H3. The molecule has 0 saturated carbocycles. The third-order valence-corrected chi connectivity index (χ3v) is 5.84. The summed E-state index contributed by atoms with van der Waals surface area (Å²) >= 11 is 12.7. The maximum absolute atomic E-state index is 12.1. The van der Waals surface area contributed by atoms with Gasteiger partial charge < -0.3 is 0 Å². The van der Waals surface area contributed by atoms with Crippen LogP contribution in [0.2, 0.25) is 9.36 Å². The van der Waals surface area contributed by atoms with Gasteiger partial charge in [0.1, 0.15) is 4.21 Å². The van der Waals surface area contributed by atoms with Crippen LogP contribution in [0.5, 0.6) is 0 Å². The molecule has 0 aliphatic carbocycles. The van der Waals surface area contributed by atoms with Crippen LogP contribution in [-0.2, 0) is 10.0 Å². The van der Waals surface area contributed by atoms with Gasteiger partial charge in [0.25, 0.3) is 10.0 Å².